The highest BCUT2D eigenvalue weighted by Crippen LogP contribution is 2.25. The minimum Gasteiger partial charge on any atom is -0.493 e. The highest BCUT2D eigenvalue weighted by atomic mass is 79.9. The van der Waals surface area contributed by atoms with Crippen molar-refractivity contribution in [1.29, 1.82) is 0 Å². The molecule has 3 nitrogen and oxygen atoms in total. The molecule has 0 saturated carbocycles. The van der Waals surface area contributed by atoms with Gasteiger partial charge in [0.15, 0.2) is 0 Å². The Hall–Kier alpha value is -1.78. The molecule has 0 fully saturated rings. The second-order valence-corrected chi connectivity index (χ2v) is 5.92. The van der Waals surface area contributed by atoms with Crippen LogP contribution in [0.3, 0.4) is 0 Å². The lowest BCUT2D eigenvalue weighted by Crippen LogP contribution is -2.03. The Morgan fingerprint density at radius 3 is 2.59 bits per heavy atom. The molecule has 2 aromatic carbocycles. The van der Waals surface area contributed by atoms with Crippen LogP contribution in [0.4, 0.5) is 0 Å². The first kappa shape index (κ1) is 15.1. The van der Waals surface area contributed by atoms with E-state index in [0.717, 1.165) is 16.3 Å². The van der Waals surface area contributed by atoms with Gasteiger partial charge in [-0.2, -0.15) is 0 Å². The number of fused-ring (bicyclic) bond motifs is 1. The zero-order chi connectivity index (χ0) is 15.5. The molecule has 0 aliphatic heterocycles. The summed E-state index contributed by atoms with van der Waals surface area (Å²) >= 11 is 9.18. The number of hydrogen-bond acceptors (Lipinski definition) is 3. The molecule has 3 rings (SSSR count). The Balaban J connectivity index is 2.05. The van der Waals surface area contributed by atoms with Crippen LogP contribution in [-0.4, -0.2) is 11.9 Å². The molecule has 0 aliphatic carbocycles. The van der Waals surface area contributed by atoms with Crippen LogP contribution in [0.5, 0.6) is 5.75 Å². The minimum atomic E-state index is -0.382. The van der Waals surface area contributed by atoms with Crippen molar-refractivity contribution in [2.75, 3.05) is 11.9 Å². The number of hydrogen-bond donors (Lipinski definition) is 0. The second-order valence-electron chi connectivity index (χ2n) is 4.69. The maximum Gasteiger partial charge on any atom is 0.344 e. The molecule has 0 saturated heterocycles. The van der Waals surface area contributed by atoms with Crippen molar-refractivity contribution in [2.45, 2.75) is 0 Å². The number of benzene rings is 2. The number of ether oxygens (including phenoxy) is 1. The van der Waals surface area contributed by atoms with Gasteiger partial charge in [0.25, 0.3) is 0 Å². The quantitative estimate of drug-likeness (QED) is 0.479. The van der Waals surface area contributed by atoms with Gasteiger partial charge in [-0.15, -0.1) is 0 Å². The van der Waals surface area contributed by atoms with Crippen LogP contribution in [-0.2, 0) is 0 Å². The number of alkyl halides is 1. The van der Waals surface area contributed by atoms with Crippen LogP contribution in [0, 0.1) is 0 Å². The van der Waals surface area contributed by atoms with Crippen molar-refractivity contribution in [3.8, 4) is 16.9 Å². The van der Waals surface area contributed by atoms with E-state index in [2.05, 4.69) is 15.9 Å². The molecule has 0 bridgehead atoms. The van der Waals surface area contributed by atoms with E-state index in [1.807, 2.05) is 18.2 Å². The van der Waals surface area contributed by atoms with E-state index in [1.54, 1.807) is 30.3 Å². The lowest BCUT2D eigenvalue weighted by atomic mass is 10.1. The van der Waals surface area contributed by atoms with E-state index >= 15 is 0 Å². The predicted molar refractivity (Wildman–Crippen MR) is 92.2 cm³/mol. The van der Waals surface area contributed by atoms with E-state index in [0.29, 0.717) is 28.5 Å². The molecule has 0 atom stereocenters. The summed E-state index contributed by atoms with van der Waals surface area (Å²) in [7, 11) is 0. The van der Waals surface area contributed by atoms with Gasteiger partial charge < -0.3 is 9.15 Å². The van der Waals surface area contributed by atoms with Gasteiger partial charge in [-0.25, -0.2) is 4.79 Å². The third-order valence-corrected chi connectivity index (χ3v) is 3.78. The van der Waals surface area contributed by atoms with E-state index < -0.39 is 0 Å². The van der Waals surface area contributed by atoms with Crippen molar-refractivity contribution in [1.82, 2.24) is 0 Å². The molecular weight excluding hydrogens is 368 g/mol. The van der Waals surface area contributed by atoms with Gasteiger partial charge in [-0.1, -0.05) is 39.7 Å². The summed E-state index contributed by atoms with van der Waals surface area (Å²) in [5.41, 5.74) is 1.42. The van der Waals surface area contributed by atoms with Crippen molar-refractivity contribution in [2.24, 2.45) is 0 Å². The van der Waals surface area contributed by atoms with Crippen LogP contribution in [0.25, 0.3) is 22.1 Å². The molecule has 5 heteroatoms. The molecule has 0 amide bonds. The van der Waals surface area contributed by atoms with Gasteiger partial charge >= 0.3 is 5.63 Å². The lowest BCUT2D eigenvalue weighted by molar-refractivity contribution is 0.345. The fraction of sp³-hybridized carbons (Fsp3) is 0.118. The zero-order valence-corrected chi connectivity index (χ0v) is 13.9. The summed E-state index contributed by atoms with van der Waals surface area (Å²) in [5, 5.41) is 2.21. The summed E-state index contributed by atoms with van der Waals surface area (Å²) in [6.07, 6.45) is 0. The Labute approximate surface area is 140 Å². The molecular formula is C17H12BrClO3. The lowest BCUT2D eigenvalue weighted by Gasteiger charge is -2.06. The first-order valence-corrected chi connectivity index (χ1v) is 8.20. The van der Waals surface area contributed by atoms with Gasteiger partial charge in [0.1, 0.15) is 11.3 Å². The van der Waals surface area contributed by atoms with Crippen LogP contribution < -0.4 is 10.4 Å². The highest BCUT2D eigenvalue weighted by molar-refractivity contribution is 9.09. The molecule has 22 heavy (non-hydrogen) atoms. The first-order valence-electron chi connectivity index (χ1n) is 6.70. The molecule has 0 spiro atoms. The summed E-state index contributed by atoms with van der Waals surface area (Å²) in [4.78, 5) is 12.2. The largest absolute Gasteiger partial charge is 0.493 e. The fourth-order valence-corrected chi connectivity index (χ4v) is 2.46. The van der Waals surface area contributed by atoms with E-state index in [-0.39, 0.29) is 5.63 Å². The predicted octanol–water partition coefficient (Wildman–Crippen LogP) is 4.89. The van der Waals surface area contributed by atoms with Crippen molar-refractivity contribution < 1.29 is 9.15 Å². The van der Waals surface area contributed by atoms with Gasteiger partial charge in [-0.3, -0.25) is 0 Å². The first-order chi connectivity index (χ1) is 10.7. The SMILES string of the molecule is O=c1oc2cc(OCCBr)ccc2cc1-c1ccc(Cl)cc1. The third-order valence-electron chi connectivity index (χ3n) is 3.21. The highest BCUT2D eigenvalue weighted by Gasteiger charge is 2.08. The molecule has 1 aromatic heterocycles. The monoisotopic (exact) mass is 378 g/mol. The van der Waals surface area contributed by atoms with Gasteiger partial charge in [-0.05, 0) is 35.9 Å². The van der Waals surface area contributed by atoms with Gasteiger partial charge in [0.05, 0.1) is 12.2 Å². The van der Waals surface area contributed by atoms with Gasteiger partial charge in [0, 0.05) is 21.8 Å². The van der Waals surface area contributed by atoms with E-state index in [9.17, 15) is 4.79 Å². The number of halogens is 2. The Morgan fingerprint density at radius 2 is 1.86 bits per heavy atom. The Bertz CT molecular complexity index is 856. The van der Waals surface area contributed by atoms with Crippen LogP contribution in [0.1, 0.15) is 0 Å². The smallest absolute Gasteiger partial charge is 0.344 e. The molecule has 112 valence electrons. The van der Waals surface area contributed by atoms with E-state index in [1.165, 1.54) is 0 Å². The van der Waals surface area contributed by atoms with Crippen molar-refractivity contribution in [3.05, 3.63) is 64.0 Å². The number of rotatable bonds is 4. The van der Waals surface area contributed by atoms with Crippen LogP contribution >= 0.6 is 27.5 Å². The molecule has 0 aliphatic rings. The second kappa shape index (κ2) is 6.55. The summed E-state index contributed by atoms with van der Waals surface area (Å²) in [6, 6.07) is 14.4. The molecule has 0 unspecified atom stereocenters. The van der Waals surface area contributed by atoms with Gasteiger partial charge in [0.2, 0.25) is 0 Å². The van der Waals surface area contributed by atoms with E-state index in [4.69, 9.17) is 20.8 Å². The average Bonchev–Trinajstić information content (AvgIpc) is 2.53. The molecule has 0 radical (unpaired) electrons. The topological polar surface area (TPSA) is 39.4 Å². The zero-order valence-electron chi connectivity index (χ0n) is 11.5. The average molecular weight is 380 g/mol. The van der Waals surface area contributed by atoms with Crippen LogP contribution in [0.15, 0.2) is 57.7 Å². The standard InChI is InChI=1S/C17H12BrClO3/c18-7-8-21-14-6-3-12-9-15(17(20)22-16(12)10-14)11-1-4-13(19)5-2-11/h1-6,9-10H,7-8H2. The van der Waals surface area contributed by atoms with Crippen LogP contribution in [0.2, 0.25) is 5.02 Å². The maximum absolute atomic E-state index is 12.2. The Morgan fingerprint density at radius 1 is 1.09 bits per heavy atom. The fourth-order valence-electron chi connectivity index (χ4n) is 2.17. The minimum absolute atomic E-state index is 0.382. The summed E-state index contributed by atoms with van der Waals surface area (Å²) in [6.45, 7) is 0.554. The maximum atomic E-state index is 12.2. The summed E-state index contributed by atoms with van der Waals surface area (Å²) in [5.74, 6) is 0.675. The molecule has 3 aromatic rings. The third kappa shape index (κ3) is 3.18. The molecule has 1 heterocycles. The Kier molecular flexibility index (Phi) is 4.50. The van der Waals surface area contributed by atoms with Crippen molar-refractivity contribution in [3.63, 3.8) is 0 Å². The molecule has 0 N–H and O–H groups in total. The normalized spacial score (nSPS) is 10.8. The van der Waals surface area contributed by atoms with Crippen molar-refractivity contribution >= 4 is 38.5 Å². The summed E-state index contributed by atoms with van der Waals surface area (Å²) < 4.78 is 10.9.